The van der Waals surface area contributed by atoms with Crippen LogP contribution in [0.4, 0.5) is 5.95 Å². The standard InChI is InChI=1S/C17H31N3O/c1-4-15-8-6-9-16(12-15)20-13-14(3)19-17(20)18-10-7-11-21-5-2/h13,15-16H,4-12H2,1-3H3,(H,18,19). The van der Waals surface area contributed by atoms with Crippen LogP contribution in [0.25, 0.3) is 0 Å². The van der Waals surface area contributed by atoms with Gasteiger partial charge in [-0.3, -0.25) is 0 Å². The van der Waals surface area contributed by atoms with E-state index in [-0.39, 0.29) is 0 Å². The number of nitrogens with one attached hydrogen (secondary N) is 1. The lowest BCUT2D eigenvalue weighted by molar-refractivity contribution is 0.147. The highest BCUT2D eigenvalue weighted by Gasteiger charge is 2.24. The van der Waals surface area contributed by atoms with E-state index < -0.39 is 0 Å². The van der Waals surface area contributed by atoms with Crippen molar-refractivity contribution in [2.45, 2.75) is 65.3 Å². The summed E-state index contributed by atoms with van der Waals surface area (Å²) in [4.78, 5) is 4.67. The smallest absolute Gasteiger partial charge is 0.203 e. The van der Waals surface area contributed by atoms with Crippen molar-refractivity contribution in [2.75, 3.05) is 25.1 Å². The van der Waals surface area contributed by atoms with Gasteiger partial charge < -0.3 is 14.6 Å². The van der Waals surface area contributed by atoms with E-state index in [1.54, 1.807) is 0 Å². The molecule has 0 radical (unpaired) electrons. The Kier molecular flexibility index (Phi) is 6.55. The lowest BCUT2D eigenvalue weighted by atomic mass is 9.84. The Bertz CT molecular complexity index is 416. The number of hydrogen-bond acceptors (Lipinski definition) is 3. The molecule has 1 saturated carbocycles. The van der Waals surface area contributed by atoms with Crippen LogP contribution in [0.2, 0.25) is 0 Å². The predicted octanol–water partition coefficient (Wildman–Crippen LogP) is 4.17. The van der Waals surface area contributed by atoms with Crippen LogP contribution in [0.1, 0.15) is 64.1 Å². The molecular formula is C17H31N3O. The number of imidazole rings is 1. The molecule has 1 N–H and O–H groups in total. The van der Waals surface area contributed by atoms with Crippen molar-refractivity contribution in [1.82, 2.24) is 9.55 Å². The van der Waals surface area contributed by atoms with E-state index >= 15 is 0 Å². The molecule has 4 nitrogen and oxygen atoms in total. The molecular weight excluding hydrogens is 262 g/mol. The highest BCUT2D eigenvalue weighted by Crippen LogP contribution is 2.35. The number of hydrogen-bond donors (Lipinski definition) is 1. The molecule has 21 heavy (non-hydrogen) atoms. The quantitative estimate of drug-likeness (QED) is 0.731. The monoisotopic (exact) mass is 293 g/mol. The highest BCUT2D eigenvalue weighted by molar-refractivity contribution is 5.29. The summed E-state index contributed by atoms with van der Waals surface area (Å²) in [5.41, 5.74) is 1.11. The first kappa shape index (κ1) is 16.3. The Hall–Kier alpha value is -1.03. The van der Waals surface area contributed by atoms with E-state index in [1.165, 1.54) is 32.1 Å². The third kappa shape index (κ3) is 4.73. The number of rotatable bonds is 8. The number of nitrogens with zero attached hydrogens (tertiary/aromatic N) is 2. The van der Waals surface area contributed by atoms with Gasteiger partial charge in [0.2, 0.25) is 5.95 Å². The molecule has 2 rings (SSSR count). The first-order valence-corrected chi connectivity index (χ1v) is 8.61. The normalized spacial score (nSPS) is 22.4. The Balaban J connectivity index is 1.92. The summed E-state index contributed by atoms with van der Waals surface area (Å²) in [6.07, 6.45) is 9.90. The molecule has 0 spiro atoms. The summed E-state index contributed by atoms with van der Waals surface area (Å²) in [6.45, 7) is 9.00. The molecule has 1 aromatic heterocycles. The predicted molar refractivity (Wildman–Crippen MR) is 87.8 cm³/mol. The van der Waals surface area contributed by atoms with Crippen LogP contribution in [0.5, 0.6) is 0 Å². The van der Waals surface area contributed by atoms with Crippen molar-refractivity contribution in [1.29, 1.82) is 0 Å². The first-order chi connectivity index (χ1) is 10.2. The van der Waals surface area contributed by atoms with Gasteiger partial charge in [-0.05, 0) is 39.0 Å². The second-order valence-corrected chi connectivity index (χ2v) is 6.19. The van der Waals surface area contributed by atoms with E-state index in [4.69, 9.17) is 4.74 Å². The summed E-state index contributed by atoms with van der Waals surface area (Å²) in [5.74, 6) is 1.93. The minimum absolute atomic E-state index is 0.624. The SMILES string of the molecule is CCOCCCNc1nc(C)cn1C1CCCC(CC)C1. The van der Waals surface area contributed by atoms with Crippen molar-refractivity contribution in [3.05, 3.63) is 11.9 Å². The largest absolute Gasteiger partial charge is 0.382 e. The van der Waals surface area contributed by atoms with Crippen LogP contribution in [0.3, 0.4) is 0 Å². The van der Waals surface area contributed by atoms with Crippen molar-refractivity contribution in [3.63, 3.8) is 0 Å². The molecule has 0 aromatic carbocycles. The summed E-state index contributed by atoms with van der Waals surface area (Å²) in [5, 5.41) is 3.49. The van der Waals surface area contributed by atoms with Crippen molar-refractivity contribution >= 4 is 5.95 Å². The van der Waals surface area contributed by atoms with E-state index in [0.29, 0.717) is 6.04 Å². The number of aryl methyl sites for hydroxylation is 1. The topological polar surface area (TPSA) is 39.1 Å². The molecule has 4 heteroatoms. The van der Waals surface area contributed by atoms with Crippen LogP contribution < -0.4 is 5.32 Å². The van der Waals surface area contributed by atoms with Crippen molar-refractivity contribution in [3.8, 4) is 0 Å². The molecule has 1 aromatic rings. The zero-order chi connectivity index (χ0) is 15.1. The van der Waals surface area contributed by atoms with E-state index in [1.807, 2.05) is 6.92 Å². The molecule has 2 unspecified atom stereocenters. The molecule has 1 aliphatic carbocycles. The van der Waals surface area contributed by atoms with Gasteiger partial charge in [-0.1, -0.05) is 26.2 Å². The summed E-state index contributed by atoms with van der Waals surface area (Å²) in [6, 6.07) is 0.624. The fourth-order valence-electron chi connectivity index (χ4n) is 3.33. The van der Waals surface area contributed by atoms with Gasteiger partial charge in [-0.2, -0.15) is 0 Å². The molecule has 2 atom stereocenters. The maximum atomic E-state index is 5.38. The Labute approximate surface area is 129 Å². The van der Waals surface area contributed by atoms with Gasteiger partial charge >= 0.3 is 0 Å². The summed E-state index contributed by atoms with van der Waals surface area (Å²) in [7, 11) is 0. The van der Waals surface area contributed by atoms with Gasteiger partial charge in [0.25, 0.3) is 0 Å². The maximum absolute atomic E-state index is 5.38. The number of anilines is 1. The van der Waals surface area contributed by atoms with Gasteiger partial charge in [-0.25, -0.2) is 4.98 Å². The number of ether oxygens (including phenoxy) is 1. The molecule has 120 valence electrons. The van der Waals surface area contributed by atoms with Gasteiger partial charge in [0.1, 0.15) is 0 Å². The molecule has 0 amide bonds. The van der Waals surface area contributed by atoms with Crippen LogP contribution in [0.15, 0.2) is 6.20 Å². The average molecular weight is 293 g/mol. The van der Waals surface area contributed by atoms with Crippen LogP contribution >= 0.6 is 0 Å². The zero-order valence-corrected chi connectivity index (χ0v) is 13.9. The lowest BCUT2D eigenvalue weighted by Gasteiger charge is -2.30. The Morgan fingerprint density at radius 1 is 1.38 bits per heavy atom. The van der Waals surface area contributed by atoms with Gasteiger partial charge in [-0.15, -0.1) is 0 Å². The molecule has 1 fully saturated rings. The van der Waals surface area contributed by atoms with E-state index in [0.717, 1.165) is 43.7 Å². The third-order valence-electron chi connectivity index (χ3n) is 4.53. The molecule has 0 bridgehead atoms. The summed E-state index contributed by atoms with van der Waals surface area (Å²) >= 11 is 0. The third-order valence-corrected chi connectivity index (χ3v) is 4.53. The minimum Gasteiger partial charge on any atom is -0.382 e. The second kappa shape index (κ2) is 8.42. The average Bonchev–Trinajstić information content (AvgIpc) is 2.88. The maximum Gasteiger partial charge on any atom is 0.203 e. The number of aromatic nitrogens is 2. The fraction of sp³-hybridized carbons (Fsp3) is 0.824. The first-order valence-electron chi connectivity index (χ1n) is 8.61. The van der Waals surface area contributed by atoms with Gasteiger partial charge in [0, 0.05) is 32.0 Å². The van der Waals surface area contributed by atoms with Gasteiger partial charge in [0.05, 0.1) is 5.69 Å². The summed E-state index contributed by atoms with van der Waals surface area (Å²) < 4.78 is 7.77. The molecule has 0 aliphatic heterocycles. The molecule has 1 aliphatic rings. The van der Waals surface area contributed by atoms with Crippen LogP contribution in [0, 0.1) is 12.8 Å². The van der Waals surface area contributed by atoms with Crippen molar-refractivity contribution < 1.29 is 4.74 Å². The molecule has 1 heterocycles. The van der Waals surface area contributed by atoms with E-state index in [2.05, 4.69) is 34.9 Å². The van der Waals surface area contributed by atoms with Crippen molar-refractivity contribution in [2.24, 2.45) is 5.92 Å². The minimum atomic E-state index is 0.624. The van der Waals surface area contributed by atoms with Crippen LogP contribution in [-0.4, -0.2) is 29.3 Å². The molecule has 0 saturated heterocycles. The Morgan fingerprint density at radius 3 is 3.00 bits per heavy atom. The fourth-order valence-corrected chi connectivity index (χ4v) is 3.33. The Morgan fingerprint density at radius 2 is 2.24 bits per heavy atom. The highest BCUT2D eigenvalue weighted by atomic mass is 16.5. The van der Waals surface area contributed by atoms with Gasteiger partial charge in [0.15, 0.2) is 0 Å². The zero-order valence-electron chi connectivity index (χ0n) is 13.9. The van der Waals surface area contributed by atoms with Crippen LogP contribution in [-0.2, 0) is 4.74 Å². The second-order valence-electron chi connectivity index (χ2n) is 6.19. The van der Waals surface area contributed by atoms with E-state index in [9.17, 15) is 0 Å². The lowest BCUT2D eigenvalue weighted by Crippen LogP contribution is -2.20.